The fourth-order valence-electron chi connectivity index (χ4n) is 4.27. The van der Waals surface area contributed by atoms with Gasteiger partial charge < -0.3 is 14.4 Å². The second-order valence-electron chi connectivity index (χ2n) is 9.00. The molecule has 170 valence electrons. The van der Waals surface area contributed by atoms with E-state index in [1.54, 1.807) is 14.2 Å². The van der Waals surface area contributed by atoms with Crippen LogP contribution < -0.4 is 14.4 Å². The van der Waals surface area contributed by atoms with Crippen LogP contribution in [-0.2, 0) is 5.54 Å². The first kappa shape index (κ1) is 22.1. The summed E-state index contributed by atoms with van der Waals surface area (Å²) in [7, 11) is 3.31. The summed E-state index contributed by atoms with van der Waals surface area (Å²) in [4.78, 5) is 4.88. The maximum absolute atomic E-state index is 5.59. The third kappa shape index (κ3) is 4.41. The van der Waals surface area contributed by atoms with Crippen LogP contribution in [0.5, 0.6) is 11.5 Å². The third-order valence-corrected chi connectivity index (χ3v) is 5.90. The van der Waals surface area contributed by atoms with Crippen LogP contribution in [0.4, 0.5) is 5.69 Å². The highest BCUT2D eigenvalue weighted by Crippen LogP contribution is 2.36. The van der Waals surface area contributed by atoms with Crippen molar-refractivity contribution in [1.82, 2.24) is 25.1 Å². The molecule has 0 spiro atoms. The summed E-state index contributed by atoms with van der Waals surface area (Å²) in [6, 6.07) is 16.5. The molecule has 8 nitrogen and oxygen atoms in total. The van der Waals surface area contributed by atoms with Gasteiger partial charge in [0.1, 0.15) is 0 Å². The largest absolute Gasteiger partial charge is 0.493 e. The molecule has 0 aliphatic carbocycles. The minimum absolute atomic E-state index is 0.0954. The quantitative estimate of drug-likeness (QED) is 0.587. The summed E-state index contributed by atoms with van der Waals surface area (Å²) in [5.74, 6) is 2.24. The molecule has 0 amide bonds. The number of anilines is 1. The molecule has 32 heavy (non-hydrogen) atoms. The van der Waals surface area contributed by atoms with E-state index in [-0.39, 0.29) is 11.6 Å². The van der Waals surface area contributed by atoms with Gasteiger partial charge in [-0.25, -0.2) is 4.68 Å². The molecule has 0 unspecified atom stereocenters. The van der Waals surface area contributed by atoms with Crippen molar-refractivity contribution in [2.75, 3.05) is 45.3 Å². The zero-order chi connectivity index (χ0) is 22.7. The number of benzene rings is 2. The zero-order valence-corrected chi connectivity index (χ0v) is 19.5. The van der Waals surface area contributed by atoms with Gasteiger partial charge in [-0.2, -0.15) is 0 Å². The van der Waals surface area contributed by atoms with E-state index < -0.39 is 0 Å². The van der Waals surface area contributed by atoms with Gasteiger partial charge in [0.15, 0.2) is 17.3 Å². The summed E-state index contributed by atoms with van der Waals surface area (Å²) >= 11 is 0. The Kier molecular flexibility index (Phi) is 6.32. The van der Waals surface area contributed by atoms with Crippen molar-refractivity contribution in [1.29, 1.82) is 0 Å². The lowest BCUT2D eigenvalue weighted by molar-refractivity contribution is 0.191. The van der Waals surface area contributed by atoms with E-state index in [9.17, 15) is 0 Å². The van der Waals surface area contributed by atoms with Crippen molar-refractivity contribution < 1.29 is 9.47 Å². The van der Waals surface area contributed by atoms with Crippen molar-refractivity contribution in [2.45, 2.75) is 32.4 Å². The van der Waals surface area contributed by atoms with Crippen LogP contribution in [0.25, 0.3) is 0 Å². The van der Waals surface area contributed by atoms with Gasteiger partial charge in [-0.3, -0.25) is 4.90 Å². The molecule has 4 rings (SSSR count). The minimum atomic E-state index is -0.237. The molecule has 1 atom stereocenters. The van der Waals surface area contributed by atoms with Gasteiger partial charge in [0.25, 0.3) is 0 Å². The SMILES string of the molecule is COc1ccc([C@@H](c2nnnn2C(C)(C)C)N2CCN(c3ccccc3)CC2)cc1OC. The zero-order valence-electron chi connectivity index (χ0n) is 19.5. The van der Waals surface area contributed by atoms with Crippen LogP contribution in [0, 0.1) is 0 Å². The lowest BCUT2D eigenvalue weighted by atomic mass is 10.0. The molecule has 0 N–H and O–H groups in total. The van der Waals surface area contributed by atoms with Crippen molar-refractivity contribution in [3.63, 3.8) is 0 Å². The fourth-order valence-corrected chi connectivity index (χ4v) is 4.27. The highest BCUT2D eigenvalue weighted by molar-refractivity contribution is 5.47. The second kappa shape index (κ2) is 9.16. The van der Waals surface area contributed by atoms with Crippen molar-refractivity contribution >= 4 is 5.69 Å². The second-order valence-corrected chi connectivity index (χ2v) is 9.00. The molecule has 0 saturated carbocycles. The Bertz CT molecular complexity index is 1020. The normalized spacial score (nSPS) is 16.1. The van der Waals surface area contributed by atoms with Crippen LogP contribution in [0.15, 0.2) is 48.5 Å². The monoisotopic (exact) mass is 436 g/mol. The van der Waals surface area contributed by atoms with Gasteiger partial charge in [0.05, 0.1) is 25.8 Å². The van der Waals surface area contributed by atoms with Gasteiger partial charge in [0.2, 0.25) is 0 Å². The number of hydrogen-bond acceptors (Lipinski definition) is 7. The number of methoxy groups -OCH3 is 2. The number of para-hydroxylation sites is 1. The van der Waals surface area contributed by atoms with Gasteiger partial charge >= 0.3 is 0 Å². The maximum Gasteiger partial charge on any atom is 0.173 e. The molecule has 2 heterocycles. The van der Waals surface area contributed by atoms with Gasteiger partial charge in [-0.15, -0.1) is 5.10 Å². The van der Waals surface area contributed by atoms with Crippen molar-refractivity contribution in [2.24, 2.45) is 0 Å². The van der Waals surface area contributed by atoms with E-state index in [0.29, 0.717) is 11.5 Å². The predicted molar refractivity (Wildman–Crippen MR) is 124 cm³/mol. The minimum Gasteiger partial charge on any atom is -0.493 e. The van der Waals surface area contributed by atoms with Crippen LogP contribution in [0.3, 0.4) is 0 Å². The average molecular weight is 437 g/mol. The van der Waals surface area contributed by atoms with E-state index in [1.165, 1.54) is 5.69 Å². The Morgan fingerprint density at radius 2 is 1.56 bits per heavy atom. The Hall–Kier alpha value is -3.13. The Balaban J connectivity index is 1.69. The van der Waals surface area contributed by atoms with Crippen molar-refractivity contribution in [3.05, 3.63) is 59.9 Å². The number of piperazine rings is 1. The molecule has 0 bridgehead atoms. The highest BCUT2D eigenvalue weighted by Gasteiger charge is 2.33. The van der Waals surface area contributed by atoms with E-state index >= 15 is 0 Å². The Morgan fingerprint density at radius 1 is 0.875 bits per heavy atom. The van der Waals surface area contributed by atoms with Crippen LogP contribution in [0.2, 0.25) is 0 Å². The Morgan fingerprint density at radius 3 is 2.19 bits per heavy atom. The summed E-state index contributed by atoms with van der Waals surface area (Å²) in [6.45, 7) is 10.0. The molecule has 3 aromatic rings. The molecule has 0 radical (unpaired) electrons. The number of ether oxygens (including phenoxy) is 2. The lowest BCUT2D eigenvalue weighted by Gasteiger charge is -2.40. The van der Waals surface area contributed by atoms with Gasteiger partial charge in [-0.05, 0) is 61.0 Å². The molecule has 1 fully saturated rings. The topological polar surface area (TPSA) is 68.5 Å². The summed E-state index contributed by atoms with van der Waals surface area (Å²) in [6.07, 6.45) is 0. The molecule has 1 aliphatic rings. The molecule has 1 aliphatic heterocycles. The van der Waals surface area contributed by atoms with E-state index in [1.807, 2.05) is 16.8 Å². The Labute approximate surface area is 189 Å². The molecular weight excluding hydrogens is 404 g/mol. The first-order valence-electron chi connectivity index (χ1n) is 11.0. The summed E-state index contributed by atoms with van der Waals surface area (Å²) in [5.41, 5.74) is 2.10. The van der Waals surface area contributed by atoms with Crippen molar-refractivity contribution in [3.8, 4) is 11.5 Å². The maximum atomic E-state index is 5.59. The summed E-state index contributed by atoms with van der Waals surface area (Å²) in [5, 5.41) is 12.9. The number of hydrogen-bond donors (Lipinski definition) is 0. The van der Waals surface area contributed by atoms with Crippen LogP contribution in [0.1, 0.15) is 38.2 Å². The molecule has 8 heteroatoms. The fraction of sp³-hybridized carbons (Fsp3) is 0.458. The van der Waals surface area contributed by atoms with Crippen LogP contribution >= 0.6 is 0 Å². The number of nitrogens with zero attached hydrogens (tertiary/aromatic N) is 6. The number of aromatic nitrogens is 4. The molecule has 1 saturated heterocycles. The first-order valence-corrected chi connectivity index (χ1v) is 11.0. The van der Waals surface area contributed by atoms with E-state index in [0.717, 1.165) is 37.6 Å². The lowest BCUT2D eigenvalue weighted by Crippen LogP contribution is -2.48. The molecule has 1 aromatic heterocycles. The predicted octanol–water partition coefficient (Wildman–Crippen LogP) is 3.36. The standard InChI is InChI=1S/C24H32N6O2/c1-24(2,3)30-23(25-26-27-30)22(18-11-12-20(31-4)21(17-18)32-5)29-15-13-28(14-16-29)19-9-7-6-8-10-19/h6-12,17,22H,13-16H2,1-5H3/t22-/m0/s1. The van der Waals surface area contributed by atoms with E-state index in [4.69, 9.17) is 9.47 Å². The molecule has 2 aromatic carbocycles. The smallest absolute Gasteiger partial charge is 0.173 e. The third-order valence-electron chi connectivity index (χ3n) is 5.90. The van der Waals surface area contributed by atoms with Crippen LogP contribution in [-0.4, -0.2) is 65.5 Å². The van der Waals surface area contributed by atoms with Gasteiger partial charge in [-0.1, -0.05) is 24.3 Å². The number of rotatable bonds is 6. The van der Waals surface area contributed by atoms with Gasteiger partial charge in [0, 0.05) is 31.9 Å². The molecular formula is C24H32N6O2. The highest BCUT2D eigenvalue weighted by atomic mass is 16.5. The van der Waals surface area contributed by atoms with E-state index in [2.05, 4.69) is 82.5 Å². The summed E-state index contributed by atoms with van der Waals surface area (Å²) < 4.78 is 13.0. The average Bonchev–Trinajstić information content (AvgIpc) is 3.30. The number of tetrazole rings is 1. The first-order chi connectivity index (χ1) is 15.4.